The molecule has 1 aromatic heterocycles. The summed E-state index contributed by atoms with van der Waals surface area (Å²) in [6.45, 7) is 13.4. The number of nitrogens with zero attached hydrogens (tertiary/aromatic N) is 1. The summed E-state index contributed by atoms with van der Waals surface area (Å²) in [5, 5.41) is 13.2. The first-order valence-electron chi connectivity index (χ1n) is 13.4. The van der Waals surface area contributed by atoms with Crippen molar-refractivity contribution in [3.8, 4) is 5.75 Å². The van der Waals surface area contributed by atoms with Crippen molar-refractivity contribution in [2.75, 3.05) is 0 Å². The number of carboxylic acids is 1. The van der Waals surface area contributed by atoms with Crippen LogP contribution >= 0.6 is 0 Å². The number of rotatable bonds is 8. The third-order valence-corrected chi connectivity index (χ3v) is 6.44. The molecule has 0 fully saturated rings. The Morgan fingerprint density at radius 2 is 1.75 bits per heavy atom. The molecule has 1 aliphatic carbocycles. The van der Waals surface area contributed by atoms with E-state index in [-0.39, 0.29) is 12.3 Å². The Morgan fingerprint density at radius 1 is 1.06 bits per heavy atom. The van der Waals surface area contributed by atoms with Gasteiger partial charge in [-0.2, -0.15) is 0 Å². The van der Waals surface area contributed by atoms with Crippen molar-refractivity contribution in [2.24, 2.45) is 0 Å². The van der Waals surface area contributed by atoms with Gasteiger partial charge in [-0.05, 0) is 65.5 Å². The molecule has 0 spiro atoms. The molecule has 0 bridgehead atoms. The summed E-state index contributed by atoms with van der Waals surface area (Å²) in [5.74, 6) is 0.812. The summed E-state index contributed by atoms with van der Waals surface area (Å²) in [7, 11) is 0. The molecule has 0 radical (unpaired) electrons. The Balaban J connectivity index is 0.000000850. The van der Waals surface area contributed by atoms with Crippen molar-refractivity contribution in [2.45, 2.75) is 98.0 Å². The van der Waals surface area contributed by atoms with Gasteiger partial charge in [0.2, 0.25) is 0 Å². The van der Waals surface area contributed by atoms with Crippen molar-refractivity contribution >= 4 is 5.97 Å². The van der Waals surface area contributed by atoms with Crippen LogP contribution in [0.25, 0.3) is 0 Å². The lowest BCUT2D eigenvalue weighted by molar-refractivity contribution is -0.137. The van der Waals surface area contributed by atoms with Crippen molar-refractivity contribution in [3.05, 3.63) is 82.7 Å². The summed E-state index contributed by atoms with van der Waals surface area (Å²) in [4.78, 5) is 11.3. The van der Waals surface area contributed by atoms with Gasteiger partial charge in [0.15, 0.2) is 0 Å². The number of benzene rings is 2. The molecule has 0 saturated heterocycles. The largest absolute Gasteiger partial charge is 0.489 e. The normalized spacial score (nSPS) is 16.9. The van der Waals surface area contributed by atoms with Gasteiger partial charge in [-0.25, -0.2) is 0 Å². The minimum absolute atomic E-state index is 0.0428. The molecule has 4 rings (SSSR count). The zero-order chi connectivity index (χ0) is 26.5. The molecule has 3 unspecified atom stereocenters. The molecule has 3 atom stereocenters. The lowest BCUT2D eigenvalue weighted by atomic mass is 9.76. The molecule has 36 heavy (non-hydrogen) atoms. The van der Waals surface area contributed by atoms with Crippen LogP contribution in [-0.2, 0) is 11.4 Å². The average molecular weight is 494 g/mol. The topological polar surface area (TPSA) is 72.6 Å². The van der Waals surface area contributed by atoms with Crippen molar-refractivity contribution in [1.29, 1.82) is 0 Å². The van der Waals surface area contributed by atoms with Crippen molar-refractivity contribution in [1.82, 2.24) is 5.16 Å². The maximum Gasteiger partial charge on any atom is 0.304 e. The van der Waals surface area contributed by atoms with E-state index in [1.54, 1.807) is 6.07 Å². The first-order chi connectivity index (χ1) is 17.5. The van der Waals surface area contributed by atoms with Crippen LogP contribution in [0.5, 0.6) is 5.75 Å². The quantitative estimate of drug-likeness (QED) is 0.340. The molecular weight excluding hydrogens is 450 g/mol. The Bertz CT molecular complexity index is 1030. The molecule has 1 aliphatic rings. The second kappa shape index (κ2) is 15.1. The predicted molar refractivity (Wildman–Crippen MR) is 146 cm³/mol. The highest BCUT2D eigenvalue weighted by atomic mass is 16.5. The maximum absolute atomic E-state index is 11.3. The van der Waals surface area contributed by atoms with E-state index in [2.05, 4.69) is 51.1 Å². The molecule has 1 N–H and O–H groups in total. The zero-order valence-corrected chi connectivity index (χ0v) is 22.8. The lowest BCUT2D eigenvalue weighted by Crippen LogP contribution is -2.13. The fourth-order valence-electron chi connectivity index (χ4n) is 4.64. The van der Waals surface area contributed by atoms with Gasteiger partial charge in [0.25, 0.3) is 0 Å². The van der Waals surface area contributed by atoms with E-state index in [1.165, 1.54) is 48.6 Å². The minimum atomic E-state index is -0.875. The summed E-state index contributed by atoms with van der Waals surface area (Å²) < 4.78 is 10.9. The van der Waals surface area contributed by atoms with E-state index in [0.29, 0.717) is 24.1 Å². The van der Waals surface area contributed by atoms with Crippen LogP contribution in [0, 0.1) is 0 Å². The number of aromatic nitrogens is 1. The number of carboxylic acid groups (broad SMARTS) is 1. The highest BCUT2D eigenvalue weighted by molar-refractivity contribution is 5.68. The number of carbonyl (C=O) groups is 1. The van der Waals surface area contributed by atoms with Gasteiger partial charge in [0, 0.05) is 12.0 Å². The zero-order valence-electron chi connectivity index (χ0n) is 22.8. The summed E-state index contributed by atoms with van der Waals surface area (Å²) in [5.41, 5.74) is 5.65. The monoisotopic (exact) mass is 493 g/mol. The van der Waals surface area contributed by atoms with E-state index in [9.17, 15) is 9.90 Å². The molecule has 0 saturated carbocycles. The van der Waals surface area contributed by atoms with Gasteiger partial charge in [0.1, 0.15) is 18.6 Å². The smallest absolute Gasteiger partial charge is 0.304 e. The second-order valence-electron chi connectivity index (χ2n) is 9.19. The SMILES string of the molecule is CC.CCC.CCC1CCC(C)c2ccc(COc3ccc(C(CC(=O)O)c4ccon4)cc3)cc21. The molecule has 2 aromatic carbocycles. The second-order valence-corrected chi connectivity index (χ2v) is 9.19. The van der Waals surface area contributed by atoms with Crippen LogP contribution in [0.1, 0.15) is 119 Å². The van der Waals surface area contributed by atoms with Gasteiger partial charge in [-0.15, -0.1) is 0 Å². The van der Waals surface area contributed by atoms with Crippen LogP contribution in [-0.4, -0.2) is 16.2 Å². The third-order valence-electron chi connectivity index (χ3n) is 6.44. The first kappa shape index (κ1) is 29.2. The van der Waals surface area contributed by atoms with E-state index in [0.717, 1.165) is 11.3 Å². The van der Waals surface area contributed by atoms with Crippen LogP contribution < -0.4 is 4.74 Å². The number of fused-ring (bicyclic) bond motifs is 1. The van der Waals surface area contributed by atoms with Gasteiger partial charge in [0.05, 0.1) is 12.1 Å². The number of hydrogen-bond donors (Lipinski definition) is 1. The highest BCUT2D eigenvalue weighted by Crippen LogP contribution is 2.40. The van der Waals surface area contributed by atoms with E-state index in [4.69, 9.17) is 9.26 Å². The Morgan fingerprint density at radius 3 is 2.33 bits per heavy atom. The van der Waals surface area contributed by atoms with Crippen molar-refractivity contribution < 1.29 is 19.2 Å². The number of ether oxygens (including phenoxy) is 1. The van der Waals surface area contributed by atoms with Gasteiger partial charge >= 0.3 is 5.97 Å². The lowest BCUT2D eigenvalue weighted by Gasteiger charge is -2.29. The standard InChI is InChI=1S/C26H29NO4.C3H8.C2H6/c1-3-19-6-4-17(2)22-11-5-18(14-23(19)22)16-30-21-9-7-20(8-10-21)24(15-26(28)29)25-12-13-31-27-25;1-3-2;1-2/h5,7-14,17,19,24H,3-4,6,15-16H2,1-2H3,(H,28,29);3H2,1-2H3;1-2H3. The number of hydrogen-bond acceptors (Lipinski definition) is 4. The van der Waals surface area contributed by atoms with E-state index in [1.807, 2.05) is 38.1 Å². The van der Waals surface area contributed by atoms with Gasteiger partial charge in [-0.3, -0.25) is 4.79 Å². The van der Waals surface area contributed by atoms with Crippen LogP contribution in [0.2, 0.25) is 0 Å². The van der Waals surface area contributed by atoms with Gasteiger partial charge in [-0.1, -0.05) is 83.5 Å². The van der Waals surface area contributed by atoms with Crippen LogP contribution in [0.3, 0.4) is 0 Å². The third kappa shape index (κ3) is 7.97. The Hall–Kier alpha value is -3.08. The van der Waals surface area contributed by atoms with Crippen LogP contribution in [0.4, 0.5) is 0 Å². The Kier molecular flexibility index (Phi) is 12.2. The molecule has 3 aromatic rings. The van der Waals surface area contributed by atoms with Crippen molar-refractivity contribution in [3.63, 3.8) is 0 Å². The maximum atomic E-state index is 11.3. The Labute approximate surface area is 216 Å². The molecule has 196 valence electrons. The number of aliphatic carboxylic acids is 1. The summed E-state index contributed by atoms with van der Waals surface area (Å²) in [6, 6.07) is 16.1. The predicted octanol–water partition coefficient (Wildman–Crippen LogP) is 8.69. The fraction of sp³-hybridized carbons (Fsp3) is 0.484. The summed E-state index contributed by atoms with van der Waals surface area (Å²) >= 11 is 0. The molecular formula is C31H43NO4. The van der Waals surface area contributed by atoms with E-state index < -0.39 is 5.97 Å². The van der Waals surface area contributed by atoms with E-state index >= 15 is 0 Å². The average Bonchev–Trinajstić information content (AvgIpc) is 3.43. The molecule has 5 heteroatoms. The minimum Gasteiger partial charge on any atom is -0.489 e. The van der Waals surface area contributed by atoms with Gasteiger partial charge < -0.3 is 14.4 Å². The molecule has 0 amide bonds. The molecule has 0 aliphatic heterocycles. The first-order valence-corrected chi connectivity index (χ1v) is 13.4. The summed E-state index contributed by atoms with van der Waals surface area (Å²) in [6.07, 6.45) is 6.38. The van der Waals surface area contributed by atoms with Crippen LogP contribution in [0.15, 0.2) is 59.3 Å². The molecule has 1 heterocycles. The molecule has 5 nitrogen and oxygen atoms in total. The fourth-order valence-corrected chi connectivity index (χ4v) is 4.64. The highest BCUT2D eigenvalue weighted by Gasteiger charge is 2.24.